The highest BCUT2D eigenvalue weighted by Gasteiger charge is 2.41. The summed E-state index contributed by atoms with van der Waals surface area (Å²) in [6.45, 7) is 0.715. The number of fused-ring (bicyclic) bond motifs is 1. The van der Waals surface area contributed by atoms with E-state index in [1.54, 1.807) is 4.90 Å². The number of benzene rings is 2. The molecule has 6 N–H and O–H groups in total. The predicted molar refractivity (Wildman–Crippen MR) is 145 cm³/mol. The van der Waals surface area contributed by atoms with E-state index in [0.717, 1.165) is 37.8 Å². The zero-order valence-electron chi connectivity index (χ0n) is 21.5. The van der Waals surface area contributed by atoms with Crippen LogP contribution < -0.4 is 22.1 Å². The third kappa shape index (κ3) is 7.17. The van der Waals surface area contributed by atoms with Crippen molar-refractivity contribution in [3.63, 3.8) is 0 Å². The van der Waals surface area contributed by atoms with Gasteiger partial charge < -0.3 is 27.0 Å². The molecule has 2 aromatic carbocycles. The number of nitrogens with two attached hydrogens (primary N) is 2. The molecule has 1 aliphatic heterocycles. The van der Waals surface area contributed by atoms with Gasteiger partial charge in [-0.3, -0.25) is 14.4 Å². The summed E-state index contributed by atoms with van der Waals surface area (Å²) in [6, 6.07) is 14.4. The molecule has 0 saturated carbocycles. The number of likely N-dealkylation sites (tertiary alicyclic amines) is 1. The lowest BCUT2D eigenvalue weighted by molar-refractivity contribution is -0.138. The van der Waals surface area contributed by atoms with Crippen LogP contribution in [0.5, 0.6) is 0 Å². The van der Waals surface area contributed by atoms with Gasteiger partial charge in [0, 0.05) is 24.7 Å². The second kappa shape index (κ2) is 12.8. The SMILES string of the molecule is NCCC[C@H](N)C(=O)N1C[C@H](NC(=O)CCCc2ccccc2)C[C@H]1C(=O)Nc1ccc2c(c1)CCC2. The molecule has 8 heteroatoms. The van der Waals surface area contributed by atoms with E-state index >= 15 is 0 Å². The van der Waals surface area contributed by atoms with Crippen LogP contribution in [-0.4, -0.2) is 53.8 Å². The molecule has 198 valence electrons. The Bertz CT molecular complexity index is 1090. The van der Waals surface area contributed by atoms with Gasteiger partial charge in [-0.2, -0.15) is 0 Å². The van der Waals surface area contributed by atoms with E-state index in [-0.39, 0.29) is 30.3 Å². The fourth-order valence-electron chi connectivity index (χ4n) is 5.38. The lowest BCUT2D eigenvalue weighted by Crippen LogP contribution is -2.50. The largest absolute Gasteiger partial charge is 0.351 e. The van der Waals surface area contributed by atoms with Gasteiger partial charge in [0.15, 0.2) is 0 Å². The van der Waals surface area contributed by atoms with Gasteiger partial charge in [0.25, 0.3) is 0 Å². The maximum absolute atomic E-state index is 13.3. The Balaban J connectivity index is 1.38. The molecule has 1 aliphatic carbocycles. The maximum Gasteiger partial charge on any atom is 0.247 e. The van der Waals surface area contributed by atoms with Gasteiger partial charge in [0.1, 0.15) is 6.04 Å². The van der Waals surface area contributed by atoms with Crippen molar-refractivity contribution in [3.8, 4) is 0 Å². The highest BCUT2D eigenvalue weighted by atomic mass is 16.2. The van der Waals surface area contributed by atoms with E-state index < -0.39 is 12.1 Å². The van der Waals surface area contributed by atoms with Crippen LogP contribution in [0.1, 0.15) is 55.2 Å². The van der Waals surface area contributed by atoms with Crippen LogP contribution in [-0.2, 0) is 33.6 Å². The third-order valence-corrected chi connectivity index (χ3v) is 7.37. The number of carbonyl (C=O) groups is 3. The minimum Gasteiger partial charge on any atom is -0.351 e. The maximum atomic E-state index is 13.3. The highest BCUT2D eigenvalue weighted by Crippen LogP contribution is 2.26. The van der Waals surface area contributed by atoms with Gasteiger partial charge >= 0.3 is 0 Å². The monoisotopic (exact) mass is 505 g/mol. The fraction of sp³-hybridized carbons (Fsp3) is 0.483. The van der Waals surface area contributed by atoms with Crippen LogP contribution in [0.25, 0.3) is 0 Å². The zero-order valence-corrected chi connectivity index (χ0v) is 21.5. The number of hydrogen-bond acceptors (Lipinski definition) is 5. The molecule has 1 fully saturated rings. The topological polar surface area (TPSA) is 131 Å². The Morgan fingerprint density at radius 3 is 2.59 bits per heavy atom. The van der Waals surface area contributed by atoms with Crippen molar-refractivity contribution >= 4 is 23.4 Å². The first kappa shape index (κ1) is 26.8. The molecule has 8 nitrogen and oxygen atoms in total. The van der Waals surface area contributed by atoms with Crippen LogP contribution in [0.15, 0.2) is 48.5 Å². The lowest BCUT2D eigenvalue weighted by atomic mass is 10.1. The Kier molecular flexibility index (Phi) is 9.30. The molecule has 37 heavy (non-hydrogen) atoms. The van der Waals surface area contributed by atoms with Crippen molar-refractivity contribution in [3.05, 3.63) is 65.2 Å². The average Bonchev–Trinajstić information content (AvgIpc) is 3.54. The molecule has 1 saturated heterocycles. The molecule has 3 atom stereocenters. The quantitative estimate of drug-likeness (QED) is 0.372. The summed E-state index contributed by atoms with van der Waals surface area (Å²) in [5, 5.41) is 6.04. The summed E-state index contributed by atoms with van der Waals surface area (Å²) < 4.78 is 0. The summed E-state index contributed by atoms with van der Waals surface area (Å²) in [5.41, 5.74) is 16.3. The number of amides is 3. The molecule has 2 aromatic rings. The number of nitrogens with one attached hydrogen (secondary N) is 2. The van der Waals surface area contributed by atoms with Gasteiger partial charge in [-0.15, -0.1) is 0 Å². The van der Waals surface area contributed by atoms with E-state index in [2.05, 4.69) is 28.8 Å². The van der Waals surface area contributed by atoms with Gasteiger partial charge in [0.05, 0.1) is 6.04 Å². The molecule has 0 aromatic heterocycles. The average molecular weight is 506 g/mol. The molecule has 4 rings (SSSR count). The lowest BCUT2D eigenvalue weighted by Gasteiger charge is -2.26. The number of aryl methyl sites for hydroxylation is 3. The number of rotatable bonds is 11. The standard InChI is InChI=1S/C29H39N5O3/c30-16-6-12-25(31)29(37)34-19-24(32-27(35)13-4-9-20-7-2-1-3-8-20)18-26(34)28(36)33-23-15-14-21-10-5-11-22(21)17-23/h1-3,7-8,14-15,17,24-26H,4-6,9-13,16,18-19,30-31H2,(H,32,35)(H,33,36)/t24-,25+,26+/m1/s1. The van der Waals surface area contributed by atoms with E-state index in [4.69, 9.17) is 11.5 Å². The first-order chi connectivity index (χ1) is 17.9. The molecule has 2 aliphatic rings. The summed E-state index contributed by atoms with van der Waals surface area (Å²) >= 11 is 0. The minimum absolute atomic E-state index is 0.0690. The second-order valence-electron chi connectivity index (χ2n) is 10.2. The summed E-state index contributed by atoms with van der Waals surface area (Å²) in [7, 11) is 0. The highest BCUT2D eigenvalue weighted by molar-refractivity contribution is 5.98. The van der Waals surface area contributed by atoms with E-state index in [1.165, 1.54) is 16.7 Å². The van der Waals surface area contributed by atoms with E-state index in [1.807, 2.05) is 30.3 Å². The summed E-state index contributed by atoms with van der Waals surface area (Å²) in [4.78, 5) is 40.8. The van der Waals surface area contributed by atoms with Crippen molar-refractivity contribution in [1.29, 1.82) is 0 Å². The Labute approximate surface area is 219 Å². The van der Waals surface area contributed by atoms with Crippen molar-refractivity contribution in [1.82, 2.24) is 10.2 Å². The smallest absolute Gasteiger partial charge is 0.247 e. The minimum atomic E-state index is -0.723. The predicted octanol–water partition coefficient (Wildman–Crippen LogP) is 2.29. The van der Waals surface area contributed by atoms with Crippen LogP contribution in [0.3, 0.4) is 0 Å². The Morgan fingerprint density at radius 1 is 1.03 bits per heavy atom. The van der Waals surface area contributed by atoms with Crippen LogP contribution in [0.4, 0.5) is 5.69 Å². The molecule has 0 radical (unpaired) electrons. The molecular formula is C29H39N5O3. The summed E-state index contributed by atoms with van der Waals surface area (Å²) in [6.07, 6.45) is 6.62. The first-order valence-corrected chi connectivity index (χ1v) is 13.5. The first-order valence-electron chi connectivity index (χ1n) is 13.5. The zero-order chi connectivity index (χ0) is 26.2. The number of carbonyl (C=O) groups excluding carboxylic acids is 3. The van der Waals surface area contributed by atoms with E-state index in [0.29, 0.717) is 32.2 Å². The van der Waals surface area contributed by atoms with Crippen LogP contribution in [0.2, 0.25) is 0 Å². The van der Waals surface area contributed by atoms with Crippen LogP contribution in [0, 0.1) is 0 Å². The number of anilines is 1. The van der Waals surface area contributed by atoms with Crippen molar-refractivity contribution in [2.24, 2.45) is 11.5 Å². The number of nitrogens with zero attached hydrogens (tertiary/aromatic N) is 1. The summed E-state index contributed by atoms with van der Waals surface area (Å²) in [5.74, 6) is -0.595. The van der Waals surface area contributed by atoms with Gasteiger partial charge in [-0.05, 0) is 86.7 Å². The number of hydrogen-bond donors (Lipinski definition) is 4. The van der Waals surface area contributed by atoms with Crippen molar-refractivity contribution in [2.45, 2.75) is 75.9 Å². The van der Waals surface area contributed by atoms with Gasteiger partial charge in [-0.25, -0.2) is 0 Å². The van der Waals surface area contributed by atoms with Gasteiger partial charge in [-0.1, -0.05) is 36.4 Å². The molecule has 0 bridgehead atoms. The Hall–Kier alpha value is -3.23. The fourth-order valence-corrected chi connectivity index (χ4v) is 5.38. The Morgan fingerprint density at radius 2 is 1.81 bits per heavy atom. The molecule has 3 amide bonds. The second-order valence-corrected chi connectivity index (χ2v) is 10.2. The molecule has 1 heterocycles. The van der Waals surface area contributed by atoms with Crippen molar-refractivity contribution in [2.75, 3.05) is 18.4 Å². The third-order valence-electron chi connectivity index (χ3n) is 7.37. The van der Waals surface area contributed by atoms with Gasteiger partial charge in [0.2, 0.25) is 17.7 Å². The molecular weight excluding hydrogens is 466 g/mol. The normalized spacial score (nSPS) is 19.4. The van der Waals surface area contributed by atoms with E-state index in [9.17, 15) is 14.4 Å². The molecule has 0 spiro atoms. The van der Waals surface area contributed by atoms with Crippen molar-refractivity contribution < 1.29 is 14.4 Å². The molecule has 0 unspecified atom stereocenters. The van der Waals surface area contributed by atoms with Crippen LogP contribution >= 0.6 is 0 Å².